The Morgan fingerprint density at radius 1 is 1.40 bits per heavy atom. The molecule has 1 fully saturated rings. The van der Waals surface area contributed by atoms with Gasteiger partial charge in [-0.2, -0.15) is 0 Å². The number of amides is 1. The van der Waals surface area contributed by atoms with E-state index in [1.165, 1.54) is 22.5 Å². The number of thiazole rings is 1. The number of hydrogen-bond donors (Lipinski definition) is 2. The largest absolute Gasteiger partial charge is 0.364 e. The Kier molecular flexibility index (Phi) is 7.38. The molecule has 3 rings (SSSR count). The first-order valence-corrected chi connectivity index (χ1v) is 9.18. The van der Waals surface area contributed by atoms with E-state index in [9.17, 15) is 4.79 Å². The van der Waals surface area contributed by atoms with E-state index in [0.717, 1.165) is 30.6 Å². The lowest BCUT2D eigenvalue weighted by atomic mass is 10.1. The van der Waals surface area contributed by atoms with Gasteiger partial charge in [0.05, 0.1) is 6.10 Å². The van der Waals surface area contributed by atoms with Crippen LogP contribution in [0.15, 0.2) is 30.5 Å². The van der Waals surface area contributed by atoms with Crippen molar-refractivity contribution in [2.45, 2.75) is 44.8 Å². The second-order valence-electron chi connectivity index (χ2n) is 6.03. The smallest absolute Gasteiger partial charge is 0.255 e. The molecule has 3 N–H and O–H groups in total. The van der Waals surface area contributed by atoms with Crippen molar-refractivity contribution in [3.8, 4) is 0 Å². The number of carbonyl (C=O) groups is 1. The number of aryl methyl sites for hydroxylation is 1. The number of ether oxygens (including phenoxy) is 1. The van der Waals surface area contributed by atoms with Gasteiger partial charge >= 0.3 is 0 Å². The maximum atomic E-state index is 12.2. The fraction of sp³-hybridized carbons (Fsp3) is 0.444. The van der Waals surface area contributed by atoms with Gasteiger partial charge in [-0.25, -0.2) is 4.98 Å². The summed E-state index contributed by atoms with van der Waals surface area (Å²) in [6, 6.07) is 8.56. The summed E-state index contributed by atoms with van der Waals surface area (Å²) in [5.41, 5.74) is 8.18. The van der Waals surface area contributed by atoms with Gasteiger partial charge in [-0.3, -0.25) is 10.1 Å². The zero-order valence-corrected chi connectivity index (χ0v) is 15.9. The van der Waals surface area contributed by atoms with Crippen molar-refractivity contribution in [1.29, 1.82) is 0 Å². The number of aromatic nitrogens is 1. The average molecular weight is 382 g/mol. The van der Waals surface area contributed by atoms with Crippen molar-refractivity contribution in [2.75, 3.05) is 11.9 Å². The highest BCUT2D eigenvalue weighted by Gasteiger charge is 2.30. The summed E-state index contributed by atoms with van der Waals surface area (Å²) in [5, 5.41) is 3.49. The third-order valence-electron chi connectivity index (χ3n) is 4.22. The van der Waals surface area contributed by atoms with E-state index < -0.39 is 6.10 Å². The molecule has 0 spiro atoms. The Morgan fingerprint density at radius 3 is 2.92 bits per heavy atom. The quantitative estimate of drug-likeness (QED) is 0.805. The molecule has 0 aliphatic carbocycles. The van der Waals surface area contributed by atoms with Crippen molar-refractivity contribution in [1.82, 2.24) is 4.98 Å². The number of nitrogens with zero attached hydrogens (tertiary/aromatic N) is 1. The molecule has 0 unspecified atom stereocenters. The van der Waals surface area contributed by atoms with E-state index in [2.05, 4.69) is 41.5 Å². The topological polar surface area (TPSA) is 77.2 Å². The molecule has 1 saturated heterocycles. The first-order valence-electron chi connectivity index (χ1n) is 8.37. The minimum absolute atomic E-state index is 0. The molecule has 2 atom stereocenters. The molecular formula is C18H24ClN3O2S. The number of halogens is 1. The third kappa shape index (κ3) is 5.25. The molecule has 0 bridgehead atoms. The minimum Gasteiger partial charge on any atom is -0.364 e. The predicted molar refractivity (Wildman–Crippen MR) is 104 cm³/mol. The fourth-order valence-electron chi connectivity index (χ4n) is 2.87. The highest BCUT2D eigenvalue weighted by atomic mass is 35.5. The lowest BCUT2D eigenvalue weighted by Crippen LogP contribution is -2.29. The lowest BCUT2D eigenvalue weighted by Gasteiger charge is -2.11. The van der Waals surface area contributed by atoms with Gasteiger partial charge in [0.15, 0.2) is 5.13 Å². The van der Waals surface area contributed by atoms with Crippen molar-refractivity contribution in [3.05, 3.63) is 46.5 Å². The molecule has 2 heterocycles. The van der Waals surface area contributed by atoms with Gasteiger partial charge in [0.1, 0.15) is 6.10 Å². The highest BCUT2D eigenvalue weighted by Crippen LogP contribution is 2.24. The molecule has 1 aliphatic heterocycles. The van der Waals surface area contributed by atoms with Gasteiger partial charge < -0.3 is 10.5 Å². The summed E-state index contributed by atoms with van der Waals surface area (Å²) in [4.78, 5) is 17.7. The van der Waals surface area contributed by atoms with Crippen LogP contribution in [0.2, 0.25) is 0 Å². The van der Waals surface area contributed by atoms with Gasteiger partial charge in [0.2, 0.25) is 0 Å². The monoisotopic (exact) mass is 381 g/mol. The first-order chi connectivity index (χ1) is 11.7. The second kappa shape index (κ2) is 9.29. The molecular weight excluding hydrogens is 358 g/mol. The number of rotatable bonds is 6. The first kappa shape index (κ1) is 19.8. The van der Waals surface area contributed by atoms with Crippen molar-refractivity contribution in [3.63, 3.8) is 0 Å². The van der Waals surface area contributed by atoms with Crippen LogP contribution in [0.25, 0.3) is 0 Å². The van der Waals surface area contributed by atoms with Crippen LogP contribution in [-0.4, -0.2) is 29.6 Å². The Labute approximate surface area is 158 Å². The fourth-order valence-corrected chi connectivity index (χ4v) is 3.72. The van der Waals surface area contributed by atoms with Crippen molar-refractivity contribution >= 4 is 34.8 Å². The maximum absolute atomic E-state index is 12.2. The maximum Gasteiger partial charge on any atom is 0.255 e. The zero-order valence-electron chi connectivity index (χ0n) is 14.2. The predicted octanol–water partition coefficient (Wildman–Crippen LogP) is 3.16. The molecule has 1 aliphatic rings. The van der Waals surface area contributed by atoms with E-state index in [4.69, 9.17) is 10.5 Å². The summed E-state index contributed by atoms with van der Waals surface area (Å²) in [7, 11) is 0. The number of nitrogens with two attached hydrogens (primary N) is 1. The number of benzene rings is 1. The number of hydrogen-bond acceptors (Lipinski definition) is 5. The number of anilines is 1. The van der Waals surface area contributed by atoms with Crippen molar-refractivity contribution in [2.24, 2.45) is 5.73 Å². The van der Waals surface area contributed by atoms with E-state index >= 15 is 0 Å². The van der Waals surface area contributed by atoms with E-state index in [1.807, 2.05) is 6.20 Å². The Balaban J connectivity index is 0.00000225. The standard InChI is InChI=1S/C18H23N3O2S.ClH/c1-2-12-4-3-5-13(8-12)9-15-11-20-18(24-15)21-17(22)16-7-6-14(10-19)23-16;/h3-5,8,11,14,16H,2,6-7,9-10,19H2,1H3,(H,20,21,22);1H/t14-,16+;/m1./s1. The molecule has 25 heavy (non-hydrogen) atoms. The van der Waals surface area contributed by atoms with Crippen LogP contribution in [0.4, 0.5) is 5.13 Å². The van der Waals surface area contributed by atoms with Gasteiger partial charge in [0, 0.05) is 24.0 Å². The molecule has 0 radical (unpaired) electrons. The van der Waals surface area contributed by atoms with Crippen LogP contribution in [0.5, 0.6) is 0 Å². The summed E-state index contributed by atoms with van der Waals surface area (Å²) in [6.45, 7) is 2.61. The molecule has 1 aromatic heterocycles. The Hall–Kier alpha value is -1.47. The van der Waals surface area contributed by atoms with Crippen LogP contribution >= 0.6 is 23.7 Å². The van der Waals surface area contributed by atoms with Crippen LogP contribution in [0.1, 0.15) is 35.8 Å². The van der Waals surface area contributed by atoms with Crippen LogP contribution in [0.3, 0.4) is 0 Å². The average Bonchev–Trinajstić information content (AvgIpc) is 3.24. The molecule has 136 valence electrons. The third-order valence-corrected chi connectivity index (χ3v) is 5.14. The SMILES string of the molecule is CCc1cccc(Cc2cnc(NC(=O)[C@@H]3CC[C@H](CN)O3)s2)c1.Cl. The van der Waals surface area contributed by atoms with Crippen molar-refractivity contribution < 1.29 is 9.53 Å². The van der Waals surface area contributed by atoms with Gasteiger partial charge in [-0.1, -0.05) is 31.2 Å². The Bertz CT molecular complexity index is 707. The summed E-state index contributed by atoms with van der Waals surface area (Å²) in [6.07, 6.45) is 4.84. The summed E-state index contributed by atoms with van der Waals surface area (Å²) >= 11 is 1.51. The van der Waals surface area contributed by atoms with Gasteiger partial charge in [-0.15, -0.1) is 23.7 Å². The van der Waals surface area contributed by atoms with Crippen LogP contribution < -0.4 is 11.1 Å². The Morgan fingerprint density at radius 2 is 2.20 bits per heavy atom. The molecule has 7 heteroatoms. The molecule has 0 saturated carbocycles. The molecule has 1 aromatic carbocycles. The lowest BCUT2D eigenvalue weighted by molar-refractivity contribution is -0.126. The second-order valence-corrected chi connectivity index (χ2v) is 7.15. The molecule has 5 nitrogen and oxygen atoms in total. The summed E-state index contributed by atoms with van der Waals surface area (Å²) in [5.74, 6) is -0.125. The van der Waals surface area contributed by atoms with E-state index in [1.54, 1.807) is 0 Å². The van der Waals surface area contributed by atoms with E-state index in [0.29, 0.717) is 11.7 Å². The molecule has 1 amide bonds. The minimum atomic E-state index is -0.410. The van der Waals surface area contributed by atoms with Gasteiger partial charge in [-0.05, 0) is 30.4 Å². The van der Waals surface area contributed by atoms with Crippen LogP contribution in [0, 0.1) is 0 Å². The van der Waals surface area contributed by atoms with Crippen LogP contribution in [-0.2, 0) is 22.4 Å². The highest BCUT2D eigenvalue weighted by molar-refractivity contribution is 7.15. The molecule has 2 aromatic rings. The number of carbonyl (C=O) groups excluding carboxylic acids is 1. The number of nitrogens with one attached hydrogen (secondary N) is 1. The summed E-state index contributed by atoms with van der Waals surface area (Å²) < 4.78 is 5.61. The zero-order chi connectivity index (χ0) is 16.9. The van der Waals surface area contributed by atoms with E-state index in [-0.39, 0.29) is 24.4 Å². The van der Waals surface area contributed by atoms with Gasteiger partial charge in [0.25, 0.3) is 5.91 Å². The normalized spacial score (nSPS) is 19.4.